The van der Waals surface area contributed by atoms with E-state index in [1.165, 1.54) is 19.1 Å². The van der Waals surface area contributed by atoms with Gasteiger partial charge in [0.05, 0.1) is 16.3 Å². The van der Waals surface area contributed by atoms with Crippen molar-refractivity contribution in [1.82, 2.24) is 0 Å². The molecular formula is C17H17FN2O3S. The predicted octanol–water partition coefficient (Wildman–Crippen LogP) is 3.14. The summed E-state index contributed by atoms with van der Waals surface area (Å²) in [6.45, 7) is 1.46. The third kappa shape index (κ3) is 3.41. The fourth-order valence-electron chi connectivity index (χ4n) is 2.54. The number of amides is 1. The van der Waals surface area contributed by atoms with Crippen LogP contribution in [-0.4, -0.2) is 20.4 Å². The first-order valence-electron chi connectivity index (χ1n) is 7.56. The Hall–Kier alpha value is -2.41. The third-order valence-electron chi connectivity index (χ3n) is 3.78. The van der Waals surface area contributed by atoms with Crippen molar-refractivity contribution < 1.29 is 17.6 Å². The van der Waals surface area contributed by atoms with Gasteiger partial charge in [-0.15, -0.1) is 0 Å². The zero-order chi connectivity index (χ0) is 17.3. The van der Waals surface area contributed by atoms with Gasteiger partial charge in [-0.1, -0.05) is 12.1 Å². The van der Waals surface area contributed by atoms with Crippen LogP contribution in [0.15, 0.2) is 53.4 Å². The molecule has 24 heavy (non-hydrogen) atoms. The van der Waals surface area contributed by atoms with Crippen LogP contribution in [0.4, 0.5) is 15.8 Å². The number of rotatable bonds is 5. The lowest BCUT2D eigenvalue weighted by molar-refractivity contribution is -0.116. The number of sulfonamides is 1. The van der Waals surface area contributed by atoms with E-state index in [1.807, 2.05) is 0 Å². The Kier molecular flexibility index (Phi) is 4.28. The van der Waals surface area contributed by atoms with Crippen LogP contribution in [0.3, 0.4) is 0 Å². The van der Waals surface area contributed by atoms with Crippen molar-refractivity contribution in [2.24, 2.45) is 0 Å². The van der Waals surface area contributed by atoms with Crippen LogP contribution in [-0.2, 0) is 14.8 Å². The molecule has 0 unspecified atom stereocenters. The minimum absolute atomic E-state index is 0.0421. The number of halogens is 1. The summed E-state index contributed by atoms with van der Waals surface area (Å²) >= 11 is 0. The Morgan fingerprint density at radius 1 is 1.12 bits per heavy atom. The molecule has 0 atom stereocenters. The summed E-state index contributed by atoms with van der Waals surface area (Å²) in [5, 5.41) is 0. The molecule has 5 nitrogen and oxygen atoms in total. The van der Waals surface area contributed by atoms with Crippen molar-refractivity contribution in [3.8, 4) is 0 Å². The van der Waals surface area contributed by atoms with E-state index in [0.717, 1.165) is 25.0 Å². The quantitative estimate of drug-likeness (QED) is 0.903. The highest BCUT2D eigenvalue weighted by molar-refractivity contribution is 7.92. The first-order chi connectivity index (χ1) is 11.4. The molecule has 7 heteroatoms. The molecule has 1 saturated carbocycles. The molecule has 1 aliphatic rings. The molecule has 1 fully saturated rings. The fourth-order valence-corrected chi connectivity index (χ4v) is 3.62. The first-order valence-corrected chi connectivity index (χ1v) is 9.04. The summed E-state index contributed by atoms with van der Waals surface area (Å²) in [6, 6.07) is 11.4. The highest BCUT2D eigenvalue weighted by Crippen LogP contribution is 2.36. The molecule has 0 radical (unpaired) electrons. The molecule has 1 amide bonds. The molecule has 0 saturated heterocycles. The molecule has 1 N–H and O–H groups in total. The normalized spacial score (nSPS) is 14.2. The average Bonchev–Trinajstić information content (AvgIpc) is 3.34. The Balaban J connectivity index is 1.95. The zero-order valence-corrected chi connectivity index (χ0v) is 13.9. The number of benzene rings is 2. The molecule has 3 rings (SSSR count). The van der Waals surface area contributed by atoms with Crippen LogP contribution in [0.5, 0.6) is 0 Å². The van der Waals surface area contributed by atoms with Crippen molar-refractivity contribution >= 4 is 27.3 Å². The van der Waals surface area contributed by atoms with Gasteiger partial charge in [0.2, 0.25) is 5.91 Å². The van der Waals surface area contributed by atoms with Gasteiger partial charge in [0.25, 0.3) is 10.0 Å². The number of carbonyl (C=O) groups excluding carboxylic acids is 1. The van der Waals surface area contributed by atoms with E-state index >= 15 is 0 Å². The SMILES string of the molecule is CC(=O)N(c1ccccc1NS(=O)(=O)c1ccc(F)cc1)C1CC1. The Morgan fingerprint density at radius 2 is 1.75 bits per heavy atom. The monoisotopic (exact) mass is 348 g/mol. The Labute approximate surface area is 140 Å². The molecule has 0 spiro atoms. The molecule has 2 aromatic rings. The maximum Gasteiger partial charge on any atom is 0.261 e. The number of hydrogen-bond donors (Lipinski definition) is 1. The van der Waals surface area contributed by atoms with Gasteiger partial charge in [0, 0.05) is 13.0 Å². The van der Waals surface area contributed by atoms with Gasteiger partial charge in [0.1, 0.15) is 5.82 Å². The zero-order valence-electron chi connectivity index (χ0n) is 13.1. The van der Waals surface area contributed by atoms with E-state index in [9.17, 15) is 17.6 Å². The van der Waals surface area contributed by atoms with Crippen LogP contribution in [0.25, 0.3) is 0 Å². The second-order valence-corrected chi connectivity index (χ2v) is 7.38. The highest BCUT2D eigenvalue weighted by Gasteiger charge is 2.33. The molecule has 0 bridgehead atoms. The minimum atomic E-state index is -3.87. The molecule has 0 aromatic heterocycles. The first kappa shape index (κ1) is 16.4. The fraction of sp³-hybridized carbons (Fsp3) is 0.235. The molecular weight excluding hydrogens is 331 g/mol. The number of carbonyl (C=O) groups is 1. The average molecular weight is 348 g/mol. The molecule has 1 aliphatic carbocycles. The largest absolute Gasteiger partial charge is 0.308 e. The van der Waals surface area contributed by atoms with Gasteiger partial charge in [-0.05, 0) is 49.2 Å². The van der Waals surface area contributed by atoms with Crippen molar-refractivity contribution in [1.29, 1.82) is 0 Å². The van der Waals surface area contributed by atoms with Gasteiger partial charge < -0.3 is 4.90 Å². The second-order valence-electron chi connectivity index (χ2n) is 5.70. The number of nitrogens with zero attached hydrogens (tertiary/aromatic N) is 1. The van der Waals surface area contributed by atoms with Crippen molar-refractivity contribution in [2.75, 3.05) is 9.62 Å². The van der Waals surface area contributed by atoms with Crippen LogP contribution in [0, 0.1) is 5.82 Å². The molecule has 126 valence electrons. The van der Waals surface area contributed by atoms with Gasteiger partial charge >= 0.3 is 0 Å². The number of anilines is 2. The van der Waals surface area contributed by atoms with E-state index in [4.69, 9.17) is 0 Å². The van der Waals surface area contributed by atoms with E-state index in [0.29, 0.717) is 11.4 Å². The Bertz CT molecular complexity index is 862. The van der Waals surface area contributed by atoms with Gasteiger partial charge in [0.15, 0.2) is 0 Å². The lowest BCUT2D eigenvalue weighted by Crippen LogP contribution is -2.31. The van der Waals surface area contributed by atoms with Crippen molar-refractivity contribution in [3.63, 3.8) is 0 Å². The maximum absolute atomic E-state index is 13.0. The molecule has 0 heterocycles. The summed E-state index contributed by atoms with van der Waals surface area (Å²) < 4.78 is 40.5. The van der Waals surface area contributed by atoms with Crippen molar-refractivity contribution in [3.05, 3.63) is 54.3 Å². The summed E-state index contributed by atoms with van der Waals surface area (Å²) in [6.07, 6.45) is 1.80. The summed E-state index contributed by atoms with van der Waals surface area (Å²) in [5.41, 5.74) is 0.849. The number of hydrogen-bond acceptors (Lipinski definition) is 3. The second kappa shape index (κ2) is 6.24. The molecule has 0 aliphatic heterocycles. The number of nitrogens with one attached hydrogen (secondary N) is 1. The lowest BCUT2D eigenvalue weighted by atomic mass is 10.2. The minimum Gasteiger partial charge on any atom is -0.308 e. The van der Waals surface area contributed by atoms with Gasteiger partial charge in [-0.25, -0.2) is 12.8 Å². The summed E-state index contributed by atoms with van der Waals surface area (Å²) in [4.78, 5) is 13.5. The van der Waals surface area contributed by atoms with Crippen molar-refractivity contribution in [2.45, 2.75) is 30.7 Å². The van der Waals surface area contributed by atoms with Gasteiger partial charge in [-0.3, -0.25) is 9.52 Å². The molecule has 2 aromatic carbocycles. The summed E-state index contributed by atoms with van der Waals surface area (Å²) in [5.74, 6) is -0.642. The maximum atomic E-state index is 13.0. The Morgan fingerprint density at radius 3 is 2.33 bits per heavy atom. The van der Waals surface area contributed by atoms with Crippen LogP contribution < -0.4 is 9.62 Å². The van der Waals surface area contributed by atoms with Crippen LogP contribution in [0.2, 0.25) is 0 Å². The highest BCUT2D eigenvalue weighted by atomic mass is 32.2. The van der Waals surface area contributed by atoms with Gasteiger partial charge in [-0.2, -0.15) is 0 Å². The van der Waals surface area contributed by atoms with Crippen LogP contribution >= 0.6 is 0 Å². The van der Waals surface area contributed by atoms with E-state index in [2.05, 4.69) is 4.72 Å². The van der Waals surface area contributed by atoms with Crippen LogP contribution in [0.1, 0.15) is 19.8 Å². The predicted molar refractivity (Wildman–Crippen MR) is 89.8 cm³/mol. The topological polar surface area (TPSA) is 66.5 Å². The standard InChI is InChI=1S/C17H17FN2O3S/c1-12(21)20(14-8-9-14)17-5-3-2-4-16(17)19-24(22,23)15-10-6-13(18)7-11-15/h2-7,10-11,14,19H,8-9H2,1H3. The number of para-hydroxylation sites is 2. The van der Waals surface area contributed by atoms with E-state index < -0.39 is 15.8 Å². The lowest BCUT2D eigenvalue weighted by Gasteiger charge is -2.24. The van der Waals surface area contributed by atoms with E-state index in [-0.39, 0.29) is 16.8 Å². The third-order valence-corrected chi connectivity index (χ3v) is 5.16. The smallest absolute Gasteiger partial charge is 0.261 e. The van der Waals surface area contributed by atoms with E-state index in [1.54, 1.807) is 29.2 Å². The summed E-state index contributed by atoms with van der Waals surface area (Å²) in [7, 11) is -3.87.